The van der Waals surface area contributed by atoms with Crippen molar-refractivity contribution in [3.8, 4) is 10.6 Å². The van der Waals surface area contributed by atoms with Crippen LogP contribution >= 0.6 is 22.7 Å². The van der Waals surface area contributed by atoms with Gasteiger partial charge < -0.3 is 15.1 Å². The van der Waals surface area contributed by atoms with E-state index in [1.165, 1.54) is 17.4 Å². The lowest BCUT2D eigenvalue weighted by atomic mass is 10.1. The average Bonchev–Trinajstić information content (AvgIpc) is 3.42. The van der Waals surface area contributed by atoms with Crippen LogP contribution < -0.4 is 10.6 Å². The molecule has 3 aromatic heterocycles. The molecule has 0 unspecified atom stereocenters. The first-order valence-corrected chi connectivity index (χ1v) is 11.4. The van der Waals surface area contributed by atoms with Crippen molar-refractivity contribution in [3.05, 3.63) is 70.3 Å². The molecular formula is C23H23N3O2S2. The third-order valence-corrected chi connectivity index (χ3v) is 6.59. The quantitative estimate of drug-likeness (QED) is 0.367. The van der Waals surface area contributed by atoms with Crippen LogP contribution in [0, 0.1) is 6.92 Å². The van der Waals surface area contributed by atoms with E-state index in [0.717, 1.165) is 44.4 Å². The molecule has 0 aliphatic rings. The number of carbonyl (C=O) groups excluding carboxylic acids is 1. The van der Waals surface area contributed by atoms with E-state index in [9.17, 15) is 4.79 Å². The Morgan fingerprint density at radius 2 is 2.13 bits per heavy atom. The minimum Gasteiger partial charge on any atom is -0.464 e. The van der Waals surface area contributed by atoms with Crippen molar-refractivity contribution in [2.24, 2.45) is 0 Å². The van der Waals surface area contributed by atoms with E-state index in [2.05, 4.69) is 53.8 Å². The van der Waals surface area contributed by atoms with Crippen LogP contribution in [0.15, 0.2) is 58.7 Å². The molecule has 1 amide bonds. The number of aromatic nitrogens is 1. The fraction of sp³-hybridized carbons (Fsp3) is 0.217. The van der Waals surface area contributed by atoms with Gasteiger partial charge in [0.25, 0.3) is 0 Å². The fourth-order valence-corrected chi connectivity index (χ4v) is 5.01. The molecule has 4 rings (SSSR count). The summed E-state index contributed by atoms with van der Waals surface area (Å²) in [5, 5.41) is 10.2. The Balaban J connectivity index is 1.37. The predicted molar refractivity (Wildman–Crippen MR) is 125 cm³/mol. The Bertz CT molecular complexity index is 1200. The predicted octanol–water partition coefficient (Wildman–Crippen LogP) is 5.77. The third-order valence-electron chi connectivity index (χ3n) is 4.66. The van der Waals surface area contributed by atoms with E-state index in [-0.39, 0.29) is 5.91 Å². The lowest BCUT2D eigenvalue weighted by Gasteiger charge is -2.05. The monoisotopic (exact) mass is 437 g/mol. The highest BCUT2D eigenvalue weighted by atomic mass is 32.1. The summed E-state index contributed by atoms with van der Waals surface area (Å²) >= 11 is 3.27. The zero-order valence-corrected chi connectivity index (χ0v) is 18.6. The van der Waals surface area contributed by atoms with Gasteiger partial charge in [-0.15, -0.1) is 22.7 Å². The lowest BCUT2D eigenvalue weighted by molar-refractivity contribution is -0.118. The number of thiazole rings is 1. The molecule has 2 N–H and O–H groups in total. The molecule has 0 aliphatic carbocycles. The van der Waals surface area contributed by atoms with Gasteiger partial charge in [0.2, 0.25) is 5.91 Å². The molecular weight excluding hydrogens is 414 g/mol. The topological polar surface area (TPSA) is 67.2 Å². The summed E-state index contributed by atoms with van der Waals surface area (Å²) in [6, 6.07) is 10.4. The second-order valence-electron chi connectivity index (χ2n) is 7.20. The first-order valence-electron chi connectivity index (χ1n) is 9.68. The maximum absolute atomic E-state index is 11.0. The van der Waals surface area contributed by atoms with Crippen LogP contribution in [0.4, 0.5) is 5.13 Å². The minimum atomic E-state index is 0.000702. The normalized spacial score (nSPS) is 11.0. The standard InChI is InChI=1S/C23H23N3O2S2/c1-14-4-6-19-17(12-28-21(19)10-14)11-15(2)25-23-26-20(13-29-23)22-7-5-18(30-22)8-9-24-16(3)27/h4-7,10,12-13H,2,8-9,11H2,1,3H3,(H,24,27)(H,25,26). The molecule has 0 radical (unpaired) electrons. The molecule has 5 nitrogen and oxygen atoms in total. The zero-order valence-electron chi connectivity index (χ0n) is 17.0. The SMILES string of the molecule is C=C(Cc1coc2cc(C)ccc12)Nc1nc(-c2ccc(CCNC(C)=O)s2)cs1. The molecule has 0 aliphatic heterocycles. The number of benzene rings is 1. The summed E-state index contributed by atoms with van der Waals surface area (Å²) in [7, 11) is 0. The third kappa shape index (κ3) is 4.80. The van der Waals surface area contributed by atoms with Crippen LogP contribution in [0.3, 0.4) is 0 Å². The second-order valence-corrected chi connectivity index (χ2v) is 9.23. The molecule has 4 aromatic rings. The molecule has 3 heterocycles. The molecule has 30 heavy (non-hydrogen) atoms. The summed E-state index contributed by atoms with van der Waals surface area (Å²) in [4.78, 5) is 18.1. The highest BCUT2D eigenvalue weighted by molar-refractivity contribution is 7.17. The minimum absolute atomic E-state index is 0.000702. The number of anilines is 1. The Labute approximate surface area is 183 Å². The van der Waals surface area contributed by atoms with Gasteiger partial charge in [-0.05, 0) is 37.1 Å². The van der Waals surface area contributed by atoms with Crippen LogP contribution in [-0.2, 0) is 17.6 Å². The summed E-state index contributed by atoms with van der Waals surface area (Å²) in [6.45, 7) is 8.41. The van der Waals surface area contributed by atoms with E-state index in [4.69, 9.17) is 9.40 Å². The molecule has 0 bridgehead atoms. The molecule has 0 spiro atoms. The van der Waals surface area contributed by atoms with Crippen LogP contribution in [-0.4, -0.2) is 17.4 Å². The maximum atomic E-state index is 11.0. The van der Waals surface area contributed by atoms with Crippen LogP contribution in [0.2, 0.25) is 0 Å². The lowest BCUT2D eigenvalue weighted by Crippen LogP contribution is -2.21. The van der Waals surface area contributed by atoms with Gasteiger partial charge in [0, 0.05) is 46.8 Å². The molecule has 0 atom stereocenters. The summed E-state index contributed by atoms with van der Waals surface area (Å²) in [5.41, 5.74) is 5.03. The van der Waals surface area contributed by atoms with Crippen molar-refractivity contribution in [1.82, 2.24) is 10.3 Å². The van der Waals surface area contributed by atoms with Gasteiger partial charge in [-0.2, -0.15) is 0 Å². The highest BCUT2D eigenvalue weighted by Gasteiger charge is 2.11. The molecule has 0 fully saturated rings. The smallest absolute Gasteiger partial charge is 0.216 e. The van der Waals surface area contributed by atoms with E-state index < -0.39 is 0 Å². The molecule has 0 saturated carbocycles. The number of hydrogen-bond donors (Lipinski definition) is 2. The van der Waals surface area contributed by atoms with Crippen LogP contribution in [0.5, 0.6) is 0 Å². The van der Waals surface area contributed by atoms with Crippen molar-refractivity contribution in [1.29, 1.82) is 0 Å². The molecule has 154 valence electrons. The maximum Gasteiger partial charge on any atom is 0.216 e. The van der Waals surface area contributed by atoms with E-state index in [1.807, 2.05) is 6.07 Å². The highest BCUT2D eigenvalue weighted by Crippen LogP contribution is 2.32. The first-order chi connectivity index (χ1) is 14.5. The number of fused-ring (bicyclic) bond motifs is 1. The van der Waals surface area contributed by atoms with Crippen molar-refractivity contribution >= 4 is 44.7 Å². The van der Waals surface area contributed by atoms with Crippen molar-refractivity contribution < 1.29 is 9.21 Å². The number of furan rings is 1. The second kappa shape index (κ2) is 8.85. The van der Waals surface area contributed by atoms with Gasteiger partial charge in [-0.25, -0.2) is 4.98 Å². The Morgan fingerprint density at radius 1 is 1.27 bits per heavy atom. The van der Waals surface area contributed by atoms with Gasteiger partial charge in [0.15, 0.2) is 5.13 Å². The fourth-order valence-electron chi connectivity index (χ4n) is 3.21. The van der Waals surface area contributed by atoms with E-state index in [0.29, 0.717) is 13.0 Å². The van der Waals surface area contributed by atoms with Gasteiger partial charge in [-0.3, -0.25) is 4.79 Å². The number of nitrogens with one attached hydrogen (secondary N) is 2. The molecule has 0 saturated heterocycles. The van der Waals surface area contributed by atoms with Gasteiger partial charge in [0.1, 0.15) is 5.58 Å². The number of allylic oxidation sites excluding steroid dienone is 1. The first kappa shape index (κ1) is 20.4. The number of hydrogen-bond acceptors (Lipinski definition) is 6. The van der Waals surface area contributed by atoms with Gasteiger partial charge >= 0.3 is 0 Å². The summed E-state index contributed by atoms with van der Waals surface area (Å²) in [6.07, 6.45) is 3.31. The Kier molecular flexibility index (Phi) is 6.01. The van der Waals surface area contributed by atoms with Crippen molar-refractivity contribution in [2.45, 2.75) is 26.7 Å². The van der Waals surface area contributed by atoms with Gasteiger partial charge in [-0.1, -0.05) is 18.7 Å². The number of thiophene rings is 1. The summed E-state index contributed by atoms with van der Waals surface area (Å²) < 4.78 is 5.68. The molecule has 1 aromatic carbocycles. The van der Waals surface area contributed by atoms with Crippen molar-refractivity contribution in [2.75, 3.05) is 11.9 Å². The number of carbonyl (C=O) groups is 1. The Morgan fingerprint density at radius 3 is 2.97 bits per heavy atom. The largest absolute Gasteiger partial charge is 0.464 e. The number of rotatable bonds is 8. The molecule has 7 heteroatoms. The van der Waals surface area contributed by atoms with E-state index in [1.54, 1.807) is 28.9 Å². The summed E-state index contributed by atoms with van der Waals surface area (Å²) in [5.74, 6) is 0.000702. The van der Waals surface area contributed by atoms with Crippen molar-refractivity contribution in [3.63, 3.8) is 0 Å². The van der Waals surface area contributed by atoms with Gasteiger partial charge in [0.05, 0.1) is 16.8 Å². The van der Waals surface area contributed by atoms with Crippen LogP contribution in [0.25, 0.3) is 21.5 Å². The Hall–Kier alpha value is -2.90. The number of nitrogens with zero attached hydrogens (tertiary/aromatic N) is 1. The average molecular weight is 438 g/mol. The van der Waals surface area contributed by atoms with E-state index >= 15 is 0 Å². The zero-order chi connectivity index (χ0) is 21.1. The van der Waals surface area contributed by atoms with Crippen LogP contribution in [0.1, 0.15) is 22.9 Å². The number of amides is 1. The number of aryl methyl sites for hydroxylation is 1.